The molecule has 1 aliphatic heterocycles. The minimum atomic E-state index is 0.0964. The van der Waals surface area contributed by atoms with Gasteiger partial charge in [-0.2, -0.15) is 0 Å². The highest BCUT2D eigenvalue weighted by Gasteiger charge is 2.18. The molecule has 1 saturated heterocycles. The standard InChI is InChI=1S/C36H39NO3/c1-4-22-39-36-17-14-31(25-34(36)30-7-5-6-26(2)23-30)35(38)24-27-8-10-28(11-9-27)29-12-15-32(16-13-29)40-33-18-20-37(3)21-19-33/h5-17,23,25,33H,4,18-22,24H2,1-3H3. The van der Waals surface area contributed by atoms with Crippen molar-refractivity contribution in [3.8, 4) is 33.8 Å². The molecule has 0 aliphatic carbocycles. The van der Waals surface area contributed by atoms with E-state index in [0.29, 0.717) is 24.7 Å². The van der Waals surface area contributed by atoms with Crippen molar-refractivity contribution in [2.45, 2.75) is 45.6 Å². The molecule has 0 bridgehead atoms. The Morgan fingerprint density at radius 2 is 1.55 bits per heavy atom. The van der Waals surface area contributed by atoms with Crippen LogP contribution in [0, 0.1) is 6.92 Å². The fourth-order valence-corrected chi connectivity index (χ4v) is 5.20. The van der Waals surface area contributed by atoms with Gasteiger partial charge in [-0.15, -0.1) is 0 Å². The average Bonchev–Trinajstić information content (AvgIpc) is 2.98. The van der Waals surface area contributed by atoms with Gasteiger partial charge in [-0.25, -0.2) is 0 Å². The van der Waals surface area contributed by atoms with Gasteiger partial charge in [0.15, 0.2) is 5.78 Å². The Morgan fingerprint density at radius 3 is 2.23 bits per heavy atom. The van der Waals surface area contributed by atoms with E-state index in [-0.39, 0.29) is 5.78 Å². The largest absolute Gasteiger partial charge is 0.493 e. The number of benzene rings is 4. The lowest BCUT2D eigenvalue weighted by molar-refractivity contribution is 0.0993. The summed E-state index contributed by atoms with van der Waals surface area (Å²) >= 11 is 0. The predicted octanol–water partition coefficient (Wildman–Crippen LogP) is 8.02. The molecular formula is C36H39NO3. The highest BCUT2D eigenvalue weighted by Crippen LogP contribution is 2.32. The summed E-state index contributed by atoms with van der Waals surface area (Å²) in [5.41, 5.74) is 7.16. The Balaban J connectivity index is 1.25. The van der Waals surface area contributed by atoms with E-state index in [0.717, 1.165) is 71.7 Å². The minimum Gasteiger partial charge on any atom is -0.493 e. The molecule has 0 spiro atoms. The number of hydrogen-bond donors (Lipinski definition) is 0. The van der Waals surface area contributed by atoms with E-state index in [1.54, 1.807) is 0 Å². The summed E-state index contributed by atoms with van der Waals surface area (Å²) < 4.78 is 12.2. The van der Waals surface area contributed by atoms with E-state index in [1.807, 2.05) is 24.3 Å². The van der Waals surface area contributed by atoms with Crippen LogP contribution >= 0.6 is 0 Å². The Hall–Kier alpha value is -3.89. The van der Waals surface area contributed by atoms with Crippen molar-refractivity contribution in [1.82, 2.24) is 4.90 Å². The highest BCUT2D eigenvalue weighted by molar-refractivity contribution is 5.99. The molecule has 0 aromatic heterocycles. The van der Waals surface area contributed by atoms with Crippen LogP contribution in [0.4, 0.5) is 0 Å². The third-order valence-electron chi connectivity index (χ3n) is 7.57. The molecule has 4 heteroatoms. The van der Waals surface area contributed by atoms with Crippen molar-refractivity contribution in [2.75, 3.05) is 26.7 Å². The number of Topliss-reactive ketones (excluding diaryl/α,β-unsaturated/α-hetero) is 1. The lowest BCUT2D eigenvalue weighted by atomic mass is 9.96. The zero-order valence-electron chi connectivity index (χ0n) is 23.9. The quantitative estimate of drug-likeness (QED) is 0.194. The molecule has 0 radical (unpaired) electrons. The molecule has 4 nitrogen and oxygen atoms in total. The van der Waals surface area contributed by atoms with E-state index < -0.39 is 0 Å². The SMILES string of the molecule is CCCOc1ccc(C(=O)Cc2ccc(-c3ccc(OC4CCN(C)CC4)cc3)cc2)cc1-c1cccc(C)c1. The maximum Gasteiger partial charge on any atom is 0.167 e. The predicted molar refractivity (Wildman–Crippen MR) is 163 cm³/mol. The molecule has 4 aromatic rings. The van der Waals surface area contributed by atoms with E-state index in [4.69, 9.17) is 9.47 Å². The van der Waals surface area contributed by atoms with Crippen LogP contribution in [-0.2, 0) is 6.42 Å². The normalized spacial score (nSPS) is 14.2. The number of ether oxygens (including phenoxy) is 2. The van der Waals surface area contributed by atoms with Gasteiger partial charge in [-0.1, -0.05) is 73.2 Å². The molecule has 0 saturated carbocycles. The number of piperidine rings is 1. The Bertz CT molecular complexity index is 1420. The summed E-state index contributed by atoms with van der Waals surface area (Å²) in [5.74, 6) is 1.84. The molecule has 206 valence electrons. The molecule has 1 heterocycles. The van der Waals surface area contributed by atoms with Gasteiger partial charge in [0.25, 0.3) is 0 Å². The van der Waals surface area contributed by atoms with Gasteiger partial charge in [0.05, 0.1) is 6.61 Å². The monoisotopic (exact) mass is 533 g/mol. The summed E-state index contributed by atoms with van der Waals surface area (Å²) in [5, 5.41) is 0. The van der Waals surface area contributed by atoms with Gasteiger partial charge in [-0.3, -0.25) is 4.79 Å². The van der Waals surface area contributed by atoms with E-state index >= 15 is 0 Å². The molecular weight excluding hydrogens is 494 g/mol. The zero-order chi connectivity index (χ0) is 27.9. The first-order chi connectivity index (χ1) is 19.5. The maximum atomic E-state index is 13.3. The Labute approximate surface area is 238 Å². The number of ketones is 1. The molecule has 0 N–H and O–H groups in total. The van der Waals surface area contributed by atoms with Gasteiger partial charge >= 0.3 is 0 Å². The van der Waals surface area contributed by atoms with Crippen LogP contribution in [0.25, 0.3) is 22.3 Å². The van der Waals surface area contributed by atoms with Gasteiger partial charge < -0.3 is 14.4 Å². The molecule has 0 atom stereocenters. The third kappa shape index (κ3) is 7.00. The van der Waals surface area contributed by atoms with Crippen molar-refractivity contribution >= 4 is 5.78 Å². The highest BCUT2D eigenvalue weighted by atomic mass is 16.5. The number of rotatable bonds is 10. The van der Waals surface area contributed by atoms with Crippen molar-refractivity contribution in [2.24, 2.45) is 0 Å². The molecule has 4 aromatic carbocycles. The van der Waals surface area contributed by atoms with Gasteiger partial charge in [-0.05, 0) is 85.8 Å². The fraction of sp³-hybridized carbons (Fsp3) is 0.306. The summed E-state index contributed by atoms with van der Waals surface area (Å²) in [4.78, 5) is 15.7. The summed E-state index contributed by atoms with van der Waals surface area (Å²) in [6.07, 6.45) is 3.73. The van der Waals surface area contributed by atoms with Crippen molar-refractivity contribution in [3.05, 3.63) is 108 Å². The molecule has 0 unspecified atom stereocenters. The second-order valence-corrected chi connectivity index (χ2v) is 10.9. The van der Waals surface area contributed by atoms with E-state index in [1.165, 1.54) is 5.56 Å². The van der Waals surface area contributed by atoms with Gasteiger partial charge in [0, 0.05) is 30.6 Å². The van der Waals surface area contributed by atoms with Crippen molar-refractivity contribution in [1.29, 1.82) is 0 Å². The lowest BCUT2D eigenvalue weighted by Crippen LogP contribution is -2.35. The third-order valence-corrected chi connectivity index (χ3v) is 7.57. The first kappa shape index (κ1) is 27.7. The minimum absolute atomic E-state index is 0.0964. The van der Waals surface area contributed by atoms with Gasteiger partial charge in [0.1, 0.15) is 17.6 Å². The lowest BCUT2D eigenvalue weighted by Gasteiger charge is -2.29. The zero-order valence-corrected chi connectivity index (χ0v) is 23.9. The Kier molecular flexibility index (Phi) is 8.98. The van der Waals surface area contributed by atoms with E-state index in [9.17, 15) is 4.79 Å². The second-order valence-electron chi connectivity index (χ2n) is 10.9. The van der Waals surface area contributed by atoms with Crippen LogP contribution < -0.4 is 9.47 Å². The summed E-state index contributed by atoms with van der Waals surface area (Å²) in [7, 11) is 2.16. The first-order valence-electron chi connectivity index (χ1n) is 14.4. The number of nitrogens with zero attached hydrogens (tertiary/aromatic N) is 1. The van der Waals surface area contributed by atoms with Gasteiger partial charge in [0.2, 0.25) is 0 Å². The van der Waals surface area contributed by atoms with Crippen LogP contribution in [-0.4, -0.2) is 43.5 Å². The number of likely N-dealkylation sites (tertiary alicyclic amines) is 1. The number of carbonyl (C=O) groups excluding carboxylic acids is 1. The maximum absolute atomic E-state index is 13.3. The summed E-state index contributed by atoms with van der Waals surface area (Å²) in [6, 6.07) is 30.8. The smallest absolute Gasteiger partial charge is 0.167 e. The van der Waals surface area contributed by atoms with Crippen molar-refractivity contribution in [3.63, 3.8) is 0 Å². The molecule has 1 aliphatic rings. The Morgan fingerprint density at radius 1 is 0.850 bits per heavy atom. The van der Waals surface area contributed by atoms with Crippen LogP contribution in [0.2, 0.25) is 0 Å². The fourth-order valence-electron chi connectivity index (χ4n) is 5.20. The van der Waals surface area contributed by atoms with Crippen LogP contribution in [0.5, 0.6) is 11.5 Å². The summed E-state index contributed by atoms with van der Waals surface area (Å²) in [6.45, 7) is 6.99. The number of carbonyl (C=O) groups is 1. The van der Waals surface area contributed by atoms with Crippen molar-refractivity contribution < 1.29 is 14.3 Å². The molecule has 40 heavy (non-hydrogen) atoms. The molecule has 5 rings (SSSR count). The van der Waals surface area contributed by atoms with Crippen LogP contribution in [0.3, 0.4) is 0 Å². The molecule has 0 amide bonds. The average molecular weight is 534 g/mol. The molecule has 1 fully saturated rings. The first-order valence-corrected chi connectivity index (χ1v) is 14.4. The van der Waals surface area contributed by atoms with E-state index in [2.05, 4.69) is 92.5 Å². The number of aryl methyl sites for hydroxylation is 1. The van der Waals surface area contributed by atoms with Crippen LogP contribution in [0.15, 0.2) is 91.0 Å². The topological polar surface area (TPSA) is 38.8 Å². The van der Waals surface area contributed by atoms with Crippen LogP contribution in [0.1, 0.15) is 47.7 Å². The number of hydrogen-bond acceptors (Lipinski definition) is 4. The second kappa shape index (κ2) is 13.0.